The van der Waals surface area contributed by atoms with Crippen molar-refractivity contribution in [1.82, 2.24) is 14.8 Å². The molecule has 2 fully saturated rings. The second-order valence-electron chi connectivity index (χ2n) is 9.10. The van der Waals surface area contributed by atoms with Gasteiger partial charge in [0, 0.05) is 30.8 Å². The first-order valence-corrected chi connectivity index (χ1v) is 11.7. The Morgan fingerprint density at radius 2 is 1.91 bits per heavy atom. The van der Waals surface area contributed by atoms with Gasteiger partial charge in [0.2, 0.25) is 0 Å². The first-order chi connectivity index (χ1) is 15.4. The minimum atomic E-state index is -1.83. The summed E-state index contributed by atoms with van der Waals surface area (Å²) >= 11 is 0. The molecule has 1 aliphatic heterocycles. The Morgan fingerprint density at radius 3 is 2.56 bits per heavy atom. The summed E-state index contributed by atoms with van der Waals surface area (Å²) in [6.45, 7) is 5.04. The van der Waals surface area contributed by atoms with Crippen LogP contribution in [0.1, 0.15) is 82.4 Å². The van der Waals surface area contributed by atoms with Crippen molar-refractivity contribution in [2.24, 2.45) is 5.16 Å². The molecular weight excluding hydrogens is 410 g/mol. The fourth-order valence-corrected chi connectivity index (χ4v) is 5.31. The van der Waals surface area contributed by atoms with Gasteiger partial charge in [0.25, 0.3) is 0 Å². The molecule has 0 aromatic carbocycles. The summed E-state index contributed by atoms with van der Waals surface area (Å²) in [6, 6.07) is 0.519. The van der Waals surface area contributed by atoms with Crippen LogP contribution in [0.4, 0.5) is 10.5 Å². The Morgan fingerprint density at radius 1 is 1.22 bits per heavy atom. The second kappa shape index (κ2) is 9.34. The van der Waals surface area contributed by atoms with Crippen molar-refractivity contribution in [3.63, 3.8) is 0 Å². The molecule has 2 saturated carbocycles. The zero-order valence-corrected chi connectivity index (χ0v) is 18.9. The van der Waals surface area contributed by atoms with Crippen molar-refractivity contribution >= 4 is 28.6 Å². The van der Waals surface area contributed by atoms with Crippen molar-refractivity contribution in [3.8, 4) is 0 Å². The van der Waals surface area contributed by atoms with E-state index in [0.29, 0.717) is 6.04 Å². The molecule has 3 aliphatic rings. The quantitative estimate of drug-likeness (QED) is 0.596. The van der Waals surface area contributed by atoms with E-state index < -0.39 is 6.16 Å². The van der Waals surface area contributed by atoms with Crippen LogP contribution in [-0.2, 0) is 11.4 Å². The van der Waals surface area contributed by atoms with E-state index in [1.54, 1.807) is 0 Å². The Bertz CT molecular complexity index is 999. The van der Waals surface area contributed by atoms with E-state index in [1.165, 1.54) is 50.6 Å². The van der Waals surface area contributed by atoms with E-state index in [9.17, 15) is 0 Å². The third-order valence-corrected chi connectivity index (χ3v) is 6.85. The predicted molar refractivity (Wildman–Crippen MR) is 123 cm³/mol. The summed E-state index contributed by atoms with van der Waals surface area (Å²) in [7, 11) is 0. The Balaban J connectivity index is 0.000000567. The van der Waals surface area contributed by atoms with Crippen LogP contribution in [-0.4, -0.2) is 48.5 Å². The summed E-state index contributed by atoms with van der Waals surface area (Å²) in [4.78, 5) is 19.4. The van der Waals surface area contributed by atoms with E-state index >= 15 is 0 Å². The second-order valence-corrected chi connectivity index (χ2v) is 9.10. The largest absolute Gasteiger partial charge is 0.503 e. The number of pyridine rings is 1. The lowest BCUT2D eigenvalue weighted by atomic mass is 9.91. The van der Waals surface area contributed by atoms with E-state index in [1.807, 2.05) is 10.9 Å². The van der Waals surface area contributed by atoms with Crippen LogP contribution in [0.3, 0.4) is 0 Å². The van der Waals surface area contributed by atoms with Crippen molar-refractivity contribution < 1.29 is 19.8 Å². The van der Waals surface area contributed by atoms with Gasteiger partial charge in [-0.3, -0.25) is 0 Å². The third kappa shape index (κ3) is 4.52. The summed E-state index contributed by atoms with van der Waals surface area (Å²) in [5, 5.41) is 28.3. The fourth-order valence-electron chi connectivity index (χ4n) is 5.31. The molecule has 1 spiro atoms. The van der Waals surface area contributed by atoms with E-state index in [2.05, 4.69) is 24.3 Å². The minimum absolute atomic E-state index is 0.0605. The van der Waals surface area contributed by atoms with Crippen LogP contribution in [0.25, 0.3) is 11.0 Å². The van der Waals surface area contributed by atoms with Gasteiger partial charge in [-0.1, -0.05) is 24.4 Å². The van der Waals surface area contributed by atoms with Gasteiger partial charge in [0.05, 0.1) is 22.5 Å². The highest BCUT2D eigenvalue weighted by molar-refractivity contribution is 6.11. The number of oxime groups is 1. The number of aryl methyl sites for hydroxylation is 2. The van der Waals surface area contributed by atoms with Gasteiger partial charge in [-0.15, -0.1) is 0 Å². The SMILES string of the molecule is CCn1nc(C)c2c(NC3CCCCC3)c(C3=NOC4(CCCC4)C3)cnc21.O=C(O)O. The monoisotopic (exact) mass is 443 g/mol. The fraction of sp³-hybridized carbons (Fsp3) is 0.652. The molecule has 174 valence electrons. The van der Waals surface area contributed by atoms with Crippen molar-refractivity contribution in [2.45, 2.75) is 96.2 Å². The van der Waals surface area contributed by atoms with Crippen LogP contribution in [0.2, 0.25) is 0 Å². The average Bonchev–Trinajstić information content (AvgIpc) is 3.49. The van der Waals surface area contributed by atoms with Crippen molar-refractivity contribution in [1.29, 1.82) is 0 Å². The van der Waals surface area contributed by atoms with Crippen molar-refractivity contribution in [2.75, 3.05) is 5.32 Å². The molecule has 2 aromatic heterocycles. The highest BCUT2D eigenvalue weighted by Gasteiger charge is 2.42. The molecule has 0 unspecified atom stereocenters. The van der Waals surface area contributed by atoms with Crippen LogP contribution >= 0.6 is 0 Å². The van der Waals surface area contributed by atoms with Gasteiger partial charge in [-0.25, -0.2) is 14.5 Å². The number of nitrogens with one attached hydrogen (secondary N) is 1. The average molecular weight is 444 g/mol. The predicted octanol–water partition coefficient (Wildman–Crippen LogP) is 5.16. The first kappa shape index (κ1) is 22.4. The minimum Gasteiger partial charge on any atom is -0.450 e. The topological polar surface area (TPSA) is 122 Å². The molecule has 9 heteroatoms. The number of hydrogen-bond acceptors (Lipinski definition) is 6. The summed E-state index contributed by atoms with van der Waals surface area (Å²) in [5.41, 5.74) is 5.29. The molecule has 3 N–H and O–H groups in total. The Hall–Kier alpha value is -2.84. The number of anilines is 1. The van der Waals surface area contributed by atoms with Gasteiger partial charge in [-0.05, 0) is 52.4 Å². The molecule has 0 radical (unpaired) electrons. The van der Waals surface area contributed by atoms with Crippen molar-refractivity contribution in [3.05, 3.63) is 17.5 Å². The lowest BCUT2D eigenvalue weighted by molar-refractivity contribution is -0.0126. The van der Waals surface area contributed by atoms with E-state index in [-0.39, 0.29) is 5.60 Å². The summed E-state index contributed by atoms with van der Waals surface area (Å²) in [6.07, 6.45) is 12.2. The molecular formula is C23H33N5O4. The van der Waals surface area contributed by atoms with Gasteiger partial charge in [0.15, 0.2) is 5.65 Å². The zero-order chi connectivity index (χ0) is 22.7. The lowest BCUT2D eigenvalue weighted by Crippen LogP contribution is -2.26. The molecule has 32 heavy (non-hydrogen) atoms. The smallest absolute Gasteiger partial charge is 0.450 e. The van der Waals surface area contributed by atoms with E-state index in [0.717, 1.165) is 53.8 Å². The van der Waals surface area contributed by atoms with Crippen LogP contribution < -0.4 is 5.32 Å². The van der Waals surface area contributed by atoms with Crippen LogP contribution in [0.5, 0.6) is 0 Å². The Labute approximate surface area is 187 Å². The number of carboxylic acid groups (broad SMARTS) is 2. The zero-order valence-electron chi connectivity index (χ0n) is 18.9. The van der Waals surface area contributed by atoms with Crippen LogP contribution in [0, 0.1) is 6.92 Å². The van der Waals surface area contributed by atoms with Crippen LogP contribution in [0.15, 0.2) is 11.4 Å². The first-order valence-electron chi connectivity index (χ1n) is 11.7. The lowest BCUT2D eigenvalue weighted by Gasteiger charge is -2.26. The highest BCUT2D eigenvalue weighted by Crippen LogP contribution is 2.42. The maximum absolute atomic E-state index is 8.56. The molecule has 2 aromatic rings. The van der Waals surface area contributed by atoms with Gasteiger partial charge < -0.3 is 20.4 Å². The maximum atomic E-state index is 8.56. The third-order valence-electron chi connectivity index (χ3n) is 6.85. The molecule has 2 aliphatic carbocycles. The molecule has 9 nitrogen and oxygen atoms in total. The van der Waals surface area contributed by atoms with E-state index in [4.69, 9.17) is 29.9 Å². The highest BCUT2D eigenvalue weighted by atomic mass is 16.7. The molecule has 3 heterocycles. The number of aromatic nitrogens is 3. The molecule has 5 rings (SSSR count). The number of carbonyl (C=O) groups is 1. The maximum Gasteiger partial charge on any atom is 0.503 e. The van der Waals surface area contributed by atoms with Gasteiger partial charge in [-0.2, -0.15) is 5.10 Å². The number of rotatable bonds is 4. The standard InChI is InChI=1S/C22H31N5O.CH2O3/c1-3-27-21-19(15(2)25-27)20(24-16-9-5-4-6-10-16)17(14-23-21)18-13-22(28-26-18)11-7-8-12-22;2-1(3)4/h14,16H,3-13H2,1-2H3,(H,23,24);(H2,2,3,4). The van der Waals surface area contributed by atoms with Gasteiger partial charge >= 0.3 is 6.16 Å². The number of hydrogen-bond donors (Lipinski definition) is 3. The molecule has 0 bridgehead atoms. The summed E-state index contributed by atoms with van der Waals surface area (Å²) < 4.78 is 2.01. The molecule has 0 atom stereocenters. The summed E-state index contributed by atoms with van der Waals surface area (Å²) in [5.74, 6) is 0. The molecule has 0 amide bonds. The van der Waals surface area contributed by atoms with Gasteiger partial charge in [0.1, 0.15) is 5.60 Å². The number of fused-ring (bicyclic) bond motifs is 1. The normalized spacial score (nSPS) is 20.0. The number of nitrogens with zero attached hydrogens (tertiary/aromatic N) is 4. The molecule has 0 saturated heterocycles. The Kier molecular flexibility index (Phi) is 6.53.